The second-order valence-electron chi connectivity index (χ2n) is 7.99. The van der Waals surface area contributed by atoms with Crippen LogP contribution in [0, 0.1) is 5.82 Å². The van der Waals surface area contributed by atoms with Gasteiger partial charge in [0.25, 0.3) is 0 Å². The molecule has 0 saturated carbocycles. The fraction of sp³-hybridized carbons (Fsp3) is 0.308. The number of hydrogen-bond acceptors (Lipinski definition) is 3. The van der Waals surface area contributed by atoms with Crippen molar-refractivity contribution in [1.29, 1.82) is 0 Å². The predicted octanol–water partition coefficient (Wildman–Crippen LogP) is 6.94. The molecule has 0 bridgehead atoms. The highest BCUT2D eigenvalue weighted by Gasteiger charge is 2.22. The third-order valence-electron chi connectivity index (χ3n) is 5.40. The van der Waals surface area contributed by atoms with Crippen molar-refractivity contribution in [3.8, 4) is 23.0 Å². The van der Waals surface area contributed by atoms with Crippen LogP contribution in [0.5, 0.6) is 23.0 Å². The van der Waals surface area contributed by atoms with Gasteiger partial charge in [0.2, 0.25) is 0 Å². The van der Waals surface area contributed by atoms with Crippen LogP contribution in [0.15, 0.2) is 66.7 Å². The average molecular weight is 409 g/mol. The van der Waals surface area contributed by atoms with Crippen LogP contribution < -0.4 is 14.2 Å². The Bertz CT molecular complexity index is 967. The van der Waals surface area contributed by atoms with E-state index in [4.69, 9.17) is 14.2 Å². The van der Waals surface area contributed by atoms with Crippen LogP contribution in [0.3, 0.4) is 0 Å². The molecule has 0 N–H and O–H groups in total. The molecule has 0 unspecified atom stereocenters. The van der Waals surface area contributed by atoms with E-state index in [-0.39, 0.29) is 17.0 Å². The number of ether oxygens (including phenoxy) is 3. The van der Waals surface area contributed by atoms with Gasteiger partial charge in [0.1, 0.15) is 5.75 Å². The van der Waals surface area contributed by atoms with Gasteiger partial charge in [0.15, 0.2) is 23.1 Å². The highest BCUT2D eigenvalue weighted by Crippen LogP contribution is 2.36. The second-order valence-corrected chi connectivity index (χ2v) is 7.99. The van der Waals surface area contributed by atoms with Crippen LogP contribution in [-0.4, -0.2) is 14.2 Å². The van der Waals surface area contributed by atoms with Gasteiger partial charge in [-0.3, -0.25) is 0 Å². The van der Waals surface area contributed by atoms with Crippen LogP contribution in [0.1, 0.15) is 37.8 Å². The molecule has 3 aromatic rings. The number of rotatable bonds is 9. The van der Waals surface area contributed by atoms with Gasteiger partial charge in [-0.25, -0.2) is 4.39 Å². The SMILES string of the molecule is COc1ccc(C(C)(C)CCCc2ccc(F)c(Oc3ccccc3)c2)cc1OC. The van der Waals surface area contributed by atoms with E-state index in [0.29, 0.717) is 5.75 Å². The minimum absolute atomic E-state index is 0.0249. The van der Waals surface area contributed by atoms with Crippen molar-refractivity contribution in [3.05, 3.63) is 83.7 Å². The van der Waals surface area contributed by atoms with E-state index in [9.17, 15) is 4.39 Å². The molecule has 30 heavy (non-hydrogen) atoms. The van der Waals surface area contributed by atoms with Crippen LogP contribution in [0.25, 0.3) is 0 Å². The summed E-state index contributed by atoms with van der Waals surface area (Å²) in [6.07, 6.45) is 2.80. The Balaban J connectivity index is 1.65. The normalized spacial score (nSPS) is 11.2. The Kier molecular flexibility index (Phi) is 6.99. The quantitative estimate of drug-likeness (QED) is 0.384. The summed E-state index contributed by atoms with van der Waals surface area (Å²) < 4.78 is 30.7. The molecular formula is C26H29FO3. The average Bonchev–Trinajstić information content (AvgIpc) is 2.76. The molecule has 0 aliphatic carbocycles. The monoisotopic (exact) mass is 408 g/mol. The topological polar surface area (TPSA) is 27.7 Å². The molecule has 0 fully saturated rings. The van der Waals surface area contributed by atoms with E-state index in [1.54, 1.807) is 20.3 Å². The first-order chi connectivity index (χ1) is 14.4. The summed E-state index contributed by atoms with van der Waals surface area (Å²) in [6.45, 7) is 4.45. The van der Waals surface area contributed by atoms with Crippen molar-refractivity contribution in [3.63, 3.8) is 0 Å². The predicted molar refractivity (Wildman–Crippen MR) is 118 cm³/mol. The smallest absolute Gasteiger partial charge is 0.165 e. The van der Waals surface area contributed by atoms with Crippen LogP contribution >= 0.6 is 0 Å². The van der Waals surface area contributed by atoms with Gasteiger partial charge in [-0.1, -0.05) is 44.2 Å². The summed E-state index contributed by atoms with van der Waals surface area (Å²) in [4.78, 5) is 0. The summed E-state index contributed by atoms with van der Waals surface area (Å²) in [5.41, 5.74) is 2.24. The molecule has 3 rings (SSSR count). The Hall–Kier alpha value is -3.01. The minimum atomic E-state index is -0.353. The van der Waals surface area contributed by atoms with Gasteiger partial charge in [0, 0.05) is 0 Å². The molecule has 0 aliphatic rings. The maximum Gasteiger partial charge on any atom is 0.165 e. The minimum Gasteiger partial charge on any atom is -0.493 e. The number of halogens is 1. The van der Waals surface area contributed by atoms with E-state index in [2.05, 4.69) is 19.9 Å². The highest BCUT2D eigenvalue weighted by atomic mass is 19.1. The number of benzene rings is 3. The highest BCUT2D eigenvalue weighted by molar-refractivity contribution is 5.45. The molecule has 0 radical (unpaired) electrons. The lowest BCUT2D eigenvalue weighted by atomic mass is 9.79. The molecule has 0 aliphatic heterocycles. The second kappa shape index (κ2) is 9.66. The van der Waals surface area contributed by atoms with Gasteiger partial charge in [0.05, 0.1) is 14.2 Å². The van der Waals surface area contributed by atoms with E-state index < -0.39 is 0 Å². The Labute approximate surface area is 178 Å². The van der Waals surface area contributed by atoms with Crippen molar-refractivity contribution in [2.75, 3.05) is 14.2 Å². The van der Waals surface area contributed by atoms with Gasteiger partial charge in [-0.05, 0) is 72.2 Å². The van der Waals surface area contributed by atoms with Gasteiger partial charge < -0.3 is 14.2 Å². The van der Waals surface area contributed by atoms with Crippen molar-refractivity contribution >= 4 is 0 Å². The first kappa shape index (κ1) is 21.7. The molecule has 3 nitrogen and oxygen atoms in total. The van der Waals surface area contributed by atoms with Crippen molar-refractivity contribution in [2.45, 2.75) is 38.5 Å². The molecule has 0 aromatic heterocycles. The van der Waals surface area contributed by atoms with Gasteiger partial charge in [-0.15, -0.1) is 0 Å². The summed E-state index contributed by atoms with van der Waals surface area (Å²) in [5, 5.41) is 0. The maximum atomic E-state index is 14.2. The van der Waals surface area contributed by atoms with E-state index >= 15 is 0 Å². The maximum absolute atomic E-state index is 14.2. The molecule has 158 valence electrons. The third-order valence-corrected chi connectivity index (χ3v) is 5.40. The molecule has 0 heterocycles. The zero-order valence-electron chi connectivity index (χ0n) is 18.1. The largest absolute Gasteiger partial charge is 0.493 e. The number of aryl methyl sites for hydroxylation is 1. The summed E-state index contributed by atoms with van der Waals surface area (Å²) >= 11 is 0. The fourth-order valence-corrected chi connectivity index (χ4v) is 3.53. The van der Waals surface area contributed by atoms with Crippen LogP contribution in [0.2, 0.25) is 0 Å². The first-order valence-electron chi connectivity index (χ1n) is 10.2. The first-order valence-corrected chi connectivity index (χ1v) is 10.2. The molecule has 0 amide bonds. The molecule has 4 heteroatoms. The Morgan fingerprint density at radius 1 is 0.800 bits per heavy atom. The van der Waals surface area contributed by atoms with Crippen molar-refractivity contribution < 1.29 is 18.6 Å². The lowest BCUT2D eigenvalue weighted by Crippen LogP contribution is -2.17. The summed E-state index contributed by atoms with van der Waals surface area (Å²) in [5.74, 6) is 2.01. The lowest BCUT2D eigenvalue weighted by molar-refractivity contribution is 0.352. The lowest BCUT2D eigenvalue weighted by Gasteiger charge is -2.26. The van der Waals surface area contributed by atoms with Crippen molar-refractivity contribution in [1.82, 2.24) is 0 Å². The van der Waals surface area contributed by atoms with E-state index in [0.717, 1.165) is 36.3 Å². The Morgan fingerprint density at radius 3 is 2.23 bits per heavy atom. The fourth-order valence-electron chi connectivity index (χ4n) is 3.53. The molecule has 0 spiro atoms. The molecular weight excluding hydrogens is 379 g/mol. The molecule has 0 atom stereocenters. The van der Waals surface area contributed by atoms with Gasteiger partial charge >= 0.3 is 0 Å². The standard InChI is InChI=1S/C26H29FO3/c1-26(2,20-13-15-23(28-3)25(18-20)29-4)16-8-9-19-12-14-22(27)24(17-19)30-21-10-6-5-7-11-21/h5-7,10-15,17-18H,8-9,16H2,1-4H3. The van der Waals surface area contributed by atoms with Crippen LogP contribution in [-0.2, 0) is 11.8 Å². The summed E-state index contributed by atoms with van der Waals surface area (Å²) in [7, 11) is 3.29. The summed E-state index contributed by atoms with van der Waals surface area (Å²) in [6, 6.07) is 20.5. The van der Waals surface area contributed by atoms with E-state index in [1.165, 1.54) is 11.6 Å². The Morgan fingerprint density at radius 2 is 1.53 bits per heavy atom. The molecule has 3 aromatic carbocycles. The van der Waals surface area contributed by atoms with E-state index in [1.807, 2.05) is 48.5 Å². The third kappa shape index (κ3) is 5.32. The van der Waals surface area contributed by atoms with Crippen molar-refractivity contribution in [2.24, 2.45) is 0 Å². The van der Waals surface area contributed by atoms with Crippen LogP contribution in [0.4, 0.5) is 4.39 Å². The number of para-hydroxylation sites is 1. The number of hydrogen-bond donors (Lipinski definition) is 0. The number of methoxy groups -OCH3 is 2. The molecule has 0 saturated heterocycles. The zero-order chi connectivity index (χ0) is 21.6. The zero-order valence-corrected chi connectivity index (χ0v) is 18.1. The van der Waals surface area contributed by atoms with Gasteiger partial charge in [-0.2, -0.15) is 0 Å².